The number of ether oxygens (including phenoxy) is 2. The Hall–Kier alpha value is -3.26. The normalized spacial score (nSPS) is 11.1. The highest BCUT2D eigenvalue weighted by Gasteiger charge is 2.28. The van der Waals surface area contributed by atoms with Gasteiger partial charge in [0.1, 0.15) is 11.5 Å². The van der Waals surface area contributed by atoms with Crippen LogP contribution in [0.5, 0.6) is 5.75 Å². The van der Waals surface area contributed by atoms with Crippen molar-refractivity contribution < 1.29 is 27.1 Å². The predicted octanol–water partition coefficient (Wildman–Crippen LogP) is 3.47. The molecule has 0 N–H and O–H groups in total. The van der Waals surface area contributed by atoms with Crippen molar-refractivity contribution in [3.63, 3.8) is 0 Å². The highest BCUT2D eigenvalue weighted by molar-refractivity contribution is 7.92. The quantitative estimate of drug-likeness (QED) is 0.564. The Morgan fingerprint density at radius 2 is 1.64 bits per heavy atom. The molecule has 0 atom stereocenters. The first-order valence-corrected chi connectivity index (χ1v) is 9.79. The summed E-state index contributed by atoms with van der Waals surface area (Å²) in [5.74, 6) is 0.0307. The molecule has 0 amide bonds. The molecule has 1 heterocycles. The van der Waals surface area contributed by atoms with E-state index in [0.717, 1.165) is 0 Å². The van der Waals surface area contributed by atoms with Crippen molar-refractivity contribution in [2.45, 2.75) is 11.4 Å². The van der Waals surface area contributed by atoms with Crippen LogP contribution in [0.2, 0.25) is 0 Å². The van der Waals surface area contributed by atoms with Gasteiger partial charge in [-0.1, -0.05) is 30.3 Å². The van der Waals surface area contributed by atoms with Crippen molar-refractivity contribution in [3.8, 4) is 5.75 Å². The van der Waals surface area contributed by atoms with E-state index in [-0.39, 0.29) is 23.0 Å². The molecular weight excluding hydrogens is 382 g/mol. The van der Waals surface area contributed by atoms with E-state index < -0.39 is 16.0 Å². The SMILES string of the molecule is COC(=O)c1ccc(CN(c2ccccc2OC)S(=O)(=O)c2ccccc2)o1. The third-order valence-corrected chi connectivity index (χ3v) is 5.81. The standard InChI is InChI=1S/C20H19NO6S/c1-25-18-11-7-6-10-17(18)21(28(23,24)16-8-4-3-5-9-16)14-15-12-13-19(27-15)20(22)26-2/h3-13H,14H2,1-2H3. The molecule has 0 fully saturated rings. The number of hydrogen-bond acceptors (Lipinski definition) is 6. The van der Waals surface area contributed by atoms with Gasteiger partial charge in [0.2, 0.25) is 5.76 Å². The van der Waals surface area contributed by atoms with Gasteiger partial charge in [-0.25, -0.2) is 13.2 Å². The number of anilines is 1. The van der Waals surface area contributed by atoms with E-state index in [1.54, 1.807) is 42.5 Å². The highest BCUT2D eigenvalue weighted by Crippen LogP contribution is 2.33. The van der Waals surface area contributed by atoms with Crippen molar-refractivity contribution in [1.29, 1.82) is 0 Å². The lowest BCUT2D eigenvalue weighted by atomic mass is 10.3. The minimum absolute atomic E-state index is 0.00501. The number of carbonyl (C=O) groups excluding carboxylic acids is 1. The summed E-state index contributed by atoms with van der Waals surface area (Å²) in [7, 11) is -1.22. The van der Waals surface area contributed by atoms with Crippen molar-refractivity contribution in [3.05, 3.63) is 78.3 Å². The monoisotopic (exact) mass is 401 g/mol. The molecule has 0 saturated heterocycles. The minimum Gasteiger partial charge on any atom is -0.495 e. The number of methoxy groups -OCH3 is 2. The number of nitrogens with zero attached hydrogens (tertiary/aromatic N) is 1. The number of hydrogen-bond donors (Lipinski definition) is 0. The summed E-state index contributed by atoms with van der Waals surface area (Å²) in [6.07, 6.45) is 0. The van der Waals surface area contributed by atoms with Gasteiger partial charge in [0, 0.05) is 0 Å². The van der Waals surface area contributed by atoms with Gasteiger partial charge in [0.15, 0.2) is 0 Å². The Morgan fingerprint density at radius 1 is 0.964 bits per heavy atom. The summed E-state index contributed by atoms with van der Waals surface area (Å²) in [5.41, 5.74) is 0.352. The van der Waals surface area contributed by atoms with E-state index in [1.807, 2.05) is 0 Å². The Bertz CT molecular complexity index is 1060. The number of rotatable bonds is 7. The molecule has 0 aliphatic rings. The van der Waals surface area contributed by atoms with E-state index in [2.05, 4.69) is 4.74 Å². The lowest BCUT2D eigenvalue weighted by Crippen LogP contribution is -2.30. The second-order valence-electron chi connectivity index (χ2n) is 5.75. The molecule has 0 unspecified atom stereocenters. The zero-order valence-electron chi connectivity index (χ0n) is 15.4. The fourth-order valence-electron chi connectivity index (χ4n) is 2.67. The molecule has 0 aliphatic heterocycles. The van der Waals surface area contributed by atoms with E-state index in [4.69, 9.17) is 9.15 Å². The van der Waals surface area contributed by atoms with Crippen molar-refractivity contribution >= 4 is 21.7 Å². The molecule has 1 aromatic heterocycles. The van der Waals surface area contributed by atoms with Gasteiger partial charge in [-0.15, -0.1) is 0 Å². The molecule has 0 radical (unpaired) electrons. The van der Waals surface area contributed by atoms with Crippen LogP contribution < -0.4 is 9.04 Å². The zero-order valence-corrected chi connectivity index (χ0v) is 16.2. The summed E-state index contributed by atoms with van der Waals surface area (Å²) >= 11 is 0. The second-order valence-corrected chi connectivity index (χ2v) is 7.62. The number of para-hydroxylation sites is 2. The number of sulfonamides is 1. The van der Waals surface area contributed by atoms with E-state index in [0.29, 0.717) is 11.4 Å². The average Bonchev–Trinajstić information content (AvgIpc) is 3.20. The van der Waals surface area contributed by atoms with Crippen LogP contribution >= 0.6 is 0 Å². The second kappa shape index (κ2) is 8.18. The molecule has 28 heavy (non-hydrogen) atoms. The van der Waals surface area contributed by atoms with Gasteiger partial charge in [-0.05, 0) is 36.4 Å². The van der Waals surface area contributed by atoms with Crippen LogP contribution in [-0.2, 0) is 21.3 Å². The number of esters is 1. The summed E-state index contributed by atoms with van der Waals surface area (Å²) in [6, 6.07) is 17.8. The van der Waals surface area contributed by atoms with Crippen LogP contribution in [0, 0.1) is 0 Å². The van der Waals surface area contributed by atoms with Crippen molar-refractivity contribution in [2.24, 2.45) is 0 Å². The maximum atomic E-state index is 13.3. The highest BCUT2D eigenvalue weighted by atomic mass is 32.2. The number of carbonyl (C=O) groups is 1. The van der Waals surface area contributed by atoms with Crippen LogP contribution in [0.4, 0.5) is 5.69 Å². The number of furan rings is 1. The lowest BCUT2D eigenvalue weighted by Gasteiger charge is -2.25. The minimum atomic E-state index is -3.92. The van der Waals surface area contributed by atoms with Crippen LogP contribution in [0.25, 0.3) is 0 Å². The molecular formula is C20H19NO6S. The first kappa shape index (κ1) is 19.5. The molecule has 2 aromatic carbocycles. The molecule has 146 valence electrons. The van der Waals surface area contributed by atoms with Crippen molar-refractivity contribution in [1.82, 2.24) is 0 Å². The van der Waals surface area contributed by atoms with Gasteiger partial charge in [0.25, 0.3) is 10.0 Å². The van der Waals surface area contributed by atoms with Crippen LogP contribution in [0.1, 0.15) is 16.3 Å². The Morgan fingerprint density at radius 3 is 2.32 bits per heavy atom. The molecule has 8 heteroatoms. The maximum Gasteiger partial charge on any atom is 0.373 e. The average molecular weight is 401 g/mol. The van der Waals surface area contributed by atoms with Gasteiger partial charge in [0.05, 0.1) is 31.3 Å². The molecule has 0 saturated carbocycles. The maximum absolute atomic E-state index is 13.3. The Labute approximate surface area is 163 Å². The smallest absolute Gasteiger partial charge is 0.373 e. The van der Waals surface area contributed by atoms with Gasteiger partial charge in [-0.2, -0.15) is 0 Å². The molecule has 0 spiro atoms. The van der Waals surface area contributed by atoms with E-state index in [9.17, 15) is 13.2 Å². The fraction of sp³-hybridized carbons (Fsp3) is 0.150. The van der Waals surface area contributed by atoms with E-state index >= 15 is 0 Å². The fourth-order valence-corrected chi connectivity index (χ4v) is 4.13. The van der Waals surface area contributed by atoms with Crippen LogP contribution in [0.15, 0.2) is 76.0 Å². The number of benzene rings is 2. The third-order valence-electron chi connectivity index (χ3n) is 4.03. The topological polar surface area (TPSA) is 86.0 Å². The molecule has 7 nitrogen and oxygen atoms in total. The van der Waals surface area contributed by atoms with Gasteiger partial charge < -0.3 is 13.9 Å². The molecule has 0 bridgehead atoms. The van der Waals surface area contributed by atoms with Gasteiger partial charge in [-0.3, -0.25) is 4.31 Å². The van der Waals surface area contributed by atoms with Crippen LogP contribution in [0.3, 0.4) is 0 Å². The summed E-state index contributed by atoms with van der Waals surface area (Å²) in [4.78, 5) is 11.8. The largest absolute Gasteiger partial charge is 0.495 e. The predicted molar refractivity (Wildman–Crippen MR) is 103 cm³/mol. The van der Waals surface area contributed by atoms with Gasteiger partial charge >= 0.3 is 5.97 Å². The summed E-state index contributed by atoms with van der Waals surface area (Å²) in [5, 5.41) is 0. The Kier molecular flexibility index (Phi) is 5.70. The summed E-state index contributed by atoms with van der Waals surface area (Å²) < 4.78 is 43.3. The molecule has 3 aromatic rings. The zero-order chi connectivity index (χ0) is 20.1. The first-order chi connectivity index (χ1) is 13.5. The third kappa shape index (κ3) is 3.86. The van der Waals surface area contributed by atoms with E-state index in [1.165, 1.54) is 42.8 Å². The molecule has 3 rings (SSSR count). The summed E-state index contributed by atoms with van der Waals surface area (Å²) in [6.45, 7) is -0.130. The Balaban J connectivity index is 2.07. The first-order valence-electron chi connectivity index (χ1n) is 8.35. The lowest BCUT2D eigenvalue weighted by molar-refractivity contribution is 0.0563. The molecule has 0 aliphatic carbocycles. The van der Waals surface area contributed by atoms with Crippen LogP contribution in [-0.4, -0.2) is 28.6 Å². The van der Waals surface area contributed by atoms with Crippen molar-refractivity contribution in [2.75, 3.05) is 18.5 Å².